The molecule has 0 aliphatic carbocycles. The van der Waals surface area contributed by atoms with Gasteiger partial charge in [0.2, 0.25) is 0 Å². The Hall–Kier alpha value is -1.12. The summed E-state index contributed by atoms with van der Waals surface area (Å²) in [6, 6.07) is 3.01. The second kappa shape index (κ2) is 5.71. The normalized spacial score (nSPS) is 19.2. The molecule has 1 unspecified atom stereocenters. The van der Waals surface area contributed by atoms with Crippen LogP contribution in [0.15, 0.2) is 35.0 Å². The Morgan fingerprint density at radius 3 is 2.65 bits per heavy atom. The van der Waals surface area contributed by atoms with E-state index in [0.29, 0.717) is 0 Å². The molecular formula is C13H11F4IN2. The van der Waals surface area contributed by atoms with Crippen molar-refractivity contribution in [1.82, 2.24) is 4.90 Å². The van der Waals surface area contributed by atoms with Crippen molar-refractivity contribution in [3.05, 3.63) is 46.9 Å². The van der Waals surface area contributed by atoms with Crippen LogP contribution in [-0.4, -0.2) is 15.3 Å². The van der Waals surface area contributed by atoms with E-state index in [-0.39, 0.29) is 16.3 Å². The van der Waals surface area contributed by atoms with Gasteiger partial charge in [0.25, 0.3) is 0 Å². The molecule has 0 amide bonds. The number of rotatable bonds is 2. The van der Waals surface area contributed by atoms with Gasteiger partial charge in [-0.1, -0.05) is 6.07 Å². The van der Waals surface area contributed by atoms with Gasteiger partial charge in [0, 0.05) is 24.0 Å². The highest BCUT2D eigenvalue weighted by molar-refractivity contribution is 14.1. The highest BCUT2D eigenvalue weighted by Crippen LogP contribution is 2.35. The third-order valence-electron chi connectivity index (χ3n) is 2.99. The van der Waals surface area contributed by atoms with Crippen molar-refractivity contribution in [2.24, 2.45) is 4.99 Å². The summed E-state index contributed by atoms with van der Waals surface area (Å²) >= 11 is 1.99. The molecule has 1 heterocycles. The molecule has 1 atom stereocenters. The summed E-state index contributed by atoms with van der Waals surface area (Å²) in [6.07, 6.45) is -1.30. The van der Waals surface area contributed by atoms with Crippen LogP contribution in [-0.2, 0) is 12.7 Å². The molecule has 2 rings (SSSR count). The first-order valence-corrected chi connectivity index (χ1v) is 7.00. The van der Waals surface area contributed by atoms with Crippen molar-refractivity contribution in [3.63, 3.8) is 0 Å². The van der Waals surface area contributed by atoms with Gasteiger partial charge in [0.15, 0.2) is 4.17 Å². The molecule has 20 heavy (non-hydrogen) atoms. The molecule has 0 radical (unpaired) electrons. The summed E-state index contributed by atoms with van der Waals surface area (Å²) in [4.78, 5) is 5.71. The van der Waals surface area contributed by atoms with Crippen LogP contribution in [0.5, 0.6) is 0 Å². The predicted molar refractivity (Wildman–Crippen MR) is 77.0 cm³/mol. The summed E-state index contributed by atoms with van der Waals surface area (Å²) in [7, 11) is 0. The van der Waals surface area contributed by atoms with Crippen LogP contribution < -0.4 is 0 Å². The minimum absolute atomic E-state index is 0.172. The summed E-state index contributed by atoms with van der Waals surface area (Å²) in [6.45, 7) is 1.58. The Morgan fingerprint density at radius 2 is 2.05 bits per heavy atom. The molecule has 1 aromatic rings. The number of alkyl halides is 4. The van der Waals surface area contributed by atoms with E-state index < -0.39 is 17.6 Å². The number of benzene rings is 1. The highest BCUT2D eigenvalue weighted by atomic mass is 127. The zero-order chi connectivity index (χ0) is 14.9. The van der Waals surface area contributed by atoms with Crippen molar-refractivity contribution in [1.29, 1.82) is 0 Å². The van der Waals surface area contributed by atoms with E-state index in [1.54, 1.807) is 24.1 Å². The topological polar surface area (TPSA) is 15.6 Å². The number of aliphatic imine (C=N–C) groups is 1. The predicted octanol–water partition coefficient (Wildman–Crippen LogP) is 4.35. The first-order chi connectivity index (χ1) is 9.30. The zero-order valence-electron chi connectivity index (χ0n) is 10.5. The summed E-state index contributed by atoms with van der Waals surface area (Å²) in [5, 5.41) is 0. The third kappa shape index (κ3) is 3.13. The lowest BCUT2D eigenvalue weighted by molar-refractivity contribution is -0.138. The van der Waals surface area contributed by atoms with E-state index in [4.69, 9.17) is 0 Å². The lowest BCUT2D eigenvalue weighted by atomic mass is 10.1. The van der Waals surface area contributed by atoms with E-state index in [0.717, 1.165) is 23.9 Å². The van der Waals surface area contributed by atoms with E-state index in [9.17, 15) is 17.6 Å². The van der Waals surface area contributed by atoms with E-state index in [1.807, 2.05) is 22.6 Å². The maximum absolute atomic E-state index is 13.8. The molecule has 0 saturated carbocycles. The second-order valence-electron chi connectivity index (χ2n) is 4.31. The fourth-order valence-corrected chi connectivity index (χ4v) is 2.74. The average Bonchev–Trinajstić information content (AvgIpc) is 2.34. The van der Waals surface area contributed by atoms with Crippen LogP contribution in [0.1, 0.15) is 18.1 Å². The van der Waals surface area contributed by atoms with Crippen molar-refractivity contribution in [2.75, 3.05) is 0 Å². The summed E-state index contributed by atoms with van der Waals surface area (Å²) in [5.74, 6) is -0.856. The quantitative estimate of drug-likeness (QED) is 0.313. The molecule has 7 heteroatoms. The molecule has 0 saturated heterocycles. The van der Waals surface area contributed by atoms with Gasteiger partial charge in [-0.05, 0) is 47.7 Å². The molecule has 1 aliphatic rings. The first-order valence-electron chi connectivity index (χ1n) is 5.76. The Morgan fingerprint density at radius 1 is 1.35 bits per heavy atom. The molecule has 1 aliphatic heterocycles. The number of nitrogens with zero attached hydrogens (tertiary/aromatic N) is 2. The van der Waals surface area contributed by atoms with Gasteiger partial charge in [0.05, 0.1) is 5.56 Å². The number of hydrogen-bond acceptors (Lipinski definition) is 2. The van der Waals surface area contributed by atoms with Crippen LogP contribution in [0.4, 0.5) is 17.6 Å². The third-order valence-corrected chi connectivity index (χ3v) is 3.98. The van der Waals surface area contributed by atoms with Crippen molar-refractivity contribution in [2.45, 2.75) is 23.8 Å². The maximum Gasteiger partial charge on any atom is 0.416 e. The molecule has 0 aromatic heterocycles. The lowest BCUT2D eigenvalue weighted by Crippen LogP contribution is -2.31. The minimum atomic E-state index is -4.57. The van der Waals surface area contributed by atoms with Crippen LogP contribution in [0.3, 0.4) is 0 Å². The van der Waals surface area contributed by atoms with Gasteiger partial charge < -0.3 is 4.90 Å². The molecule has 0 spiro atoms. The van der Waals surface area contributed by atoms with Crippen LogP contribution >= 0.6 is 22.6 Å². The fourth-order valence-electron chi connectivity index (χ4n) is 1.92. The van der Waals surface area contributed by atoms with Gasteiger partial charge in [-0.2, -0.15) is 13.2 Å². The minimum Gasteiger partial charge on any atom is -0.341 e. The molecule has 1 aromatic carbocycles. The SMILES string of the molecule is CC1=CC=NC(I)N1Cc1c(F)cccc1C(F)(F)F. The fraction of sp³-hybridized carbons (Fsp3) is 0.308. The summed E-state index contributed by atoms with van der Waals surface area (Å²) < 4.78 is 52.3. The Kier molecular flexibility index (Phi) is 4.36. The van der Waals surface area contributed by atoms with Crippen molar-refractivity contribution < 1.29 is 17.6 Å². The van der Waals surface area contributed by atoms with Gasteiger partial charge in [0.1, 0.15) is 5.82 Å². The largest absolute Gasteiger partial charge is 0.416 e. The Balaban J connectivity index is 2.39. The van der Waals surface area contributed by atoms with Gasteiger partial charge in [-0.25, -0.2) is 4.39 Å². The standard InChI is InChI=1S/C13H11F4IN2/c1-8-5-6-19-12(18)20(8)7-9-10(13(15,16)17)3-2-4-11(9)14/h2-6,12H,7H2,1H3. The second-order valence-corrected chi connectivity index (χ2v) is 5.42. The molecular weight excluding hydrogens is 387 g/mol. The van der Waals surface area contributed by atoms with Gasteiger partial charge in [-0.15, -0.1) is 0 Å². The van der Waals surface area contributed by atoms with Crippen LogP contribution in [0, 0.1) is 5.82 Å². The zero-order valence-corrected chi connectivity index (χ0v) is 12.6. The molecule has 0 fully saturated rings. The van der Waals surface area contributed by atoms with E-state index in [2.05, 4.69) is 4.99 Å². The molecule has 2 nitrogen and oxygen atoms in total. The molecule has 0 bridgehead atoms. The molecule has 0 N–H and O–H groups in total. The van der Waals surface area contributed by atoms with E-state index >= 15 is 0 Å². The lowest BCUT2D eigenvalue weighted by Gasteiger charge is -2.31. The number of halogens is 5. The summed E-state index contributed by atoms with van der Waals surface area (Å²) in [5.41, 5.74) is -0.550. The van der Waals surface area contributed by atoms with Crippen molar-refractivity contribution in [3.8, 4) is 0 Å². The molecule has 108 valence electrons. The van der Waals surface area contributed by atoms with Gasteiger partial charge in [-0.3, -0.25) is 4.99 Å². The maximum atomic E-state index is 13.8. The number of allylic oxidation sites excluding steroid dienone is 2. The van der Waals surface area contributed by atoms with Crippen LogP contribution in [0.25, 0.3) is 0 Å². The van der Waals surface area contributed by atoms with Crippen molar-refractivity contribution >= 4 is 28.8 Å². The highest BCUT2D eigenvalue weighted by Gasteiger charge is 2.35. The monoisotopic (exact) mass is 398 g/mol. The Labute approximate surface area is 127 Å². The smallest absolute Gasteiger partial charge is 0.341 e. The number of hydrogen-bond donors (Lipinski definition) is 0. The first kappa shape index (κ1) is 15.3. The Bertz CT molecular complexity index is 566. The average molecular weight is 398 g/mol. The van der Waals surface area contributed by atoms with Crippen LogP contribution in [0.2, 0.25) is 0 Å². The van der Waals surface area contributed by atoms with E-state index in [1.165, 1.54) is 0 Å². The van der Waals surface area contributed by atoms with Gasteiger partial charge >= 0.3 is 6.18 Å².